The number of anilines is 1. The number of carbonyl (C=O) groups excluding carboxylic acids is 2. The highest BCUT2D eigenvalue weighted by molar-refractivity contribution is 5.91. The summed E-state index contributed by atoms with van der Waals surface area (Å²) in [7, 11) is 0. The molecule has 1 heterocycles. The average Bonchev–Trinajstić information content (AvgIpc) is 2.73. The van der Waals surface area contributed by atoms with E-state index in [4.69, 9.17) is 0 Å². The Balaban J connectivity index is 1.41. The molecule has 3 rings (SSSR count). The number of piperazine rings is 1. The molecule has 0 spiro atoms. The van der Waals surface area contributed by atoms with Crippen LogP contribution in [0.25, 0.3) is 0 Å². The van der Waals surface area contributed by atoms with Gasteiger partial charge >= 0.3 is 0 Å². The summed E-state index contributed by atoms with van der Waals surface area (Å²) in [5.74, 6) is 0.980. The average molecular weight is 421 g/mol. The van der Waals surface area contributed by atoms with Gasteiger partial charge in [-0.05, 0) is 49.4 Å². The summed E-state index contributed by atoms with van der Waals surface area (Å²) in [4.78, 5) is 27.6. The molecule has 0 unspecified atom stereocenters. The van der Waals surface area contributed by atoms with Gasteiger partial charge in [-0.1, -0.05) is 26.7 Å². The Morgan fingerprint density at radius 1 is 1.10 bits per heavy atom. The molecule has 166 valence electrons. The predicted molar refractivity (Wildman–Crippen MR) is 115 cm³/mol. The molecule has 0 aromatic heterocycles. The number of quaternary nitrogens is 2. The maximum atomic E-state index is 13.0. The van der Waals surface area contributed by atoms with Crippen LogP contribution < -0.4 is 20.4 Å². The van der Waals surface area contributed by atoms with Crippen LogP contribution in [0.5, 0.6) is 0 Å². The molecule has 1 saturated heterocycles. The van der Waals surface area contributed by atoms with Gasteiger partial charge in [0.1, 0.15) is 32.0 Å². The largest absolute Gasteiger partial charge is 0.348 e. The first-order chi connectivity index (χ1) is 14.3. The third-order valence-electron chi connectivity index (χ3n) is 7.18. The van der Waals surface area contributed by atoms with Crippen molar-refractivity contribution in [3.63, 3.8) is 0 Å². The van der Waals surface area contributed by atoms with E-state index in [-0.39, 0.29) is 23.7 Å². The third kappa shape index (κ3) is 6.01. The standard InChI is InChI=1S/C23H35FN4O2/c1-16-5-4-6-21(17(16)2)26-23(30)18(3)28-13-11-27(12-14-28)15-22(29)25-20-9-7-19(24)8-10-20/h7-10,16-18,21H,4-6,11-15H2,1-3H3,(H,25,29)(H,26,30)/p+2/t16-,17+,18+,21+/m0/s1. The second kappa shape index (κ2) is 10.4. The quantitative estimate of drug-likeness (QED) is 0.518. The molecule has 1 aliphatic heterocycles. The molecule has 1 saturated carbocycles. The predicted octanol–water partition coefficient (Wildman–Crippen LogP) is -0.123. The minimum Gasteiger partial charge on any atom is -0.348 e. The van der Waals surface area contributed by atoms with E-state index in [0.29, 0.717) is 30.1 Å². The highest BCUT2D eigenvalue weighted by Gasteiger charge is 2.34. The molecule has 1 aliphatic carbocycles. The van der Waals surface area contributed by atoms with Crippen LogP contribution in [0.2, 0.25) is 0 Å². The lowest BCUT2D eigenvalue weighted by Gasteiger charge is -2.36. The van der Waals surface area contributed by atoms with E-state index in [0.717, 1.165) is 32.6 Å². The van der Waals surface area contributed by atoms with E-state index < -0.39 is 0 Å². The van der Waals surface area contributed by atoms with Crippen molar-refractivity contribution in [2.45, 2.75) is 52.1 Å². The van der Waals surface area contributed by atoms with Crippen LogP contribution in [0, 0.1) is 17.7 Å². The fourth-order valence-corrected chi connectivity index (χ4v) is 4.78. The number of halogens is 1. The van der Waals surface area contributed by atoms with E-state index in [1.807, 2.05) is 6.92 Å². The molecule has 7 heteroatoms. The summed E-state index contributed by atoms with van der Waals surface area (Å²) >= 11 is 0. The number of amides is 2. The van der Waals surface area contributed by atoms with Crippen molar-refractivity contribution in [3.8, 4) is 0 Å². The van der Waals surface area contributed by atoms with Crippen LogP contribution in [0.4, 0.5) is 10.1 Å². The van der Waals surface area contributed by atoms with Gasteiger partial charge in [0.15, 0.2) is 12.6 Å². The molecule has 1 aromatic rings. The molecule has 4 N–H and O–H groups in total. The van der Waals surface area contributed by atoms with Gasteiger partial charge in [0.2, 0.25) is 0 Å². The first-order valence-corrected chi connectivity index (χ1v) is 11.4. The van der Waals surface area contributed by atoms with Gasteiger partial charge in [-0.25, -0.2) is 4.39 Å². The van der Waals surface area contributed by atoms with Crippen LogP contribution in [-0.2, 0) is 9.59 Å². The molecule has 2 fully saturated rings. The molecular weight excluding hydrogens is 383 g/mol. The van der Waals surface area contributed by atoms with Crippen molar-refractivity contribution in [1.29, 1.82) is 0 Å². The van der Waals surface area contributed by atoms with Crippen molar-refractivity contribution in [3.05, 3.63) is 30.1 Å². The summed E-state index contributed by atoms with van der Waals surface area (Å²) in [6.07, 6.45) is 3.54. The van der Waals surface area contributed by atoms with E-state index in [1.54, 1.807) is 12.1 Å². The maximum Gasteiger partial charge on any atom is 0.279 e. The highest BCUT2D eigenvalue weighted by atomic mass is 19.1. The summed E-state index contributed by atoms with van der Waals surface area (Å²) in [6.45, 7) is 10.4. The molecule has 30 heavy (non-hydrogen) atoms. The fraction of sp³-hybridized carbons (Fsp3) is 0.652. The number of hydrogen-bond acceptors (Lipinski definition) is 2. The van der Waals surface area contributed by atoms with Gasteiger partial charge < -0.3 is 20.4 Å². The van der Waals surface area contributed by atoms with Crippen LogP contribution in [-0.4, -0.2) is 56.6 Å². The van der Waals surface area contributed by atoms with E-state index in [2.05, 4.69) is 24.5 Å². The first-order valence-electron chi connectivity index (χ1n) is 11.4. The molecule has 2 aliphatic rings. The smallest absolute Gasteiger partial charge is 0.279 e. The minimum atomic E-state index is -0.316. The van der Waals surface area contributed by atoms with Gasteiger partial charge in [-0.15, -0.1) is 0 Å². The number of benzene rings is 1. The Labute approximate surface area is 179 Å². The molecule has 1 aromatic carbocycles. The Morgan fingerprint density at radius 2 is 1.77 bits per heavy atom. The zero-order valence-corrected chi connectivity index (χ0v) is 18.5. The highest BCUT2D eigenvalue weighted by Crippen LogP contribution is 2.29. The summed E-state index contributed by atoms with van der Waals surface area (Å²) in [6, 6.07) is 6.05. The Hall–Kier alpha value is -1.99. The second-order valence-electron chi connectivity index (χ2n) is 9.24. The summed E-state index contributed by atoms with van der Waals surface area (Å²) in [5, 5.41) is 6.14. The van der Waals surface area contributed by atoms with E-state index in [1.165, 1.54) is 34.8 Å². The fourth-order valence-electron chi connectivity index (χ4n) is 4.78. The van der Waals surface area contributed by atoms with E-state index >= 15 is 0 Å². The molecule has 0 bridgehead atoms. The SMILES string of the molecule is C[C@@H]1[C@@H](C)CCC[C@H]1NC(=O)[C@@H](C)[NH+]1CC[NH+](CC(=O)Nc2ccc(F)cc2)CC1. The van der Waals surface area contributed by atoms with Crippen LogP contribution in [0.3, 0.4) is 0 Å². The molecule has 0 radical (unpaired) electrons. The molecule has 2 amide bonds. The van der Waals surface area contributed by atoms with Crippen molar-refractivity contribution < 1.29 is 23.8 Å². The number of rotatable bonds is 6. The van der Waals surface area contributed by atoms with Crippen LogP contribution >= 0.6 is 0 Å². The normalized spacial score (nSPS) is 30.3. The van der Waals surface area contributed by atoms with Crippen molar-refractivity contribution >= 4 is 17.5 Å². The van der Waals surface area contributed by atoms with Crippen molar-refractivity contribution in [2.75, 3.05) is 38.0 Å². The lowest BCUT2D eigenvalue weighted by molar-refractivity contribution is -1.01. The first kappa shape index (κ1) is 22.7. The summed E-state index contributed by atoms with van der Waals surface area (Å²) in [5.41, 5.74) is 0.613. The minimum absolute atomic E-state index is 0.0637. The van der Waals surface area contributed by atoms with Crippen molar-refractivity contribution in [2.24, 2.45) is 11.8 Å². The second-order valence-corrected chi connectivity index (χ2v) is 9.24. The Bertz CT molecular complexity index is 718. The monoisotopic (exact) mass is 420 g/mol. The van der Waals surface area contributed by atoms with Crippen molar-refractivity contribution in [1.82, 2.24) is 5.32 Å². The lowest BCUT2D eigenvalue weighted by atomic mass is 9.78. The lowest BCUT2D eigenvalue weighted by Crippen LogP contribution is -3.30. The number of nitrogens with one attached hydrogen (secondary N) is 4. The zero-order valence-electron chi connectivity index (χ0n) is 18.5. The Kier molecular flexibility index (Phi) is 7.83. The summed E-state index contributed by atoms with van der Waals surface area (Å²) < 4.78 is 13.0. The van der Waals surface area contributed by atoms with Gasteiger partial charge in [0, 0.05) is 11.7 Å². The third-order valence-corrected chi connectivity index (χ3v) is 7.18. The topological polar surface area (TPSA) is 67.1 Å². The number of carbonyl (C=O) groups is 2. The van der Waals surface area contributed by atoms with Crippen LogP contribution in [0.1, 0.15) is 40.0 Å². The maximum absolute atomic E-state index is 13.0. The molecule has 6 nitrogen and oxygen atoms in total. The molecular formula is C23H37FN4O2+2. The Morgan fingerprint density at radius 3 is 2.43 bits per heavy atom. The number of hydrogen-bond donors (Lipinski definition) is 4. The van der Waals surface area contributed by atoms with Gasteiger partial charge in [0.05, 0.1) is 0 Å². The van der Waals surface area contributed by atoms with Gasteiger partial charge in [-0.2, -0.15) is 0 Å². The molecule has 4 atom stereocenters. The van der Waals surface area contributed by atoms with Gasteiger partial charge in [-0.3, -0.25) is 9.59 Å². The van der Waals surface area contributed by atoms with Crippen LogP contribution in [0.15, 0.2) is 24.3 Å². The zero-order chi connectivity index (χ0) is 21.7. The van der Waals surface area contributed by atoms with E-state index in [9.17, 15) is 14.0 Å². The van der Waals surface area contributed by atoms with Gasteiger partial charge in [0.25, 0.3) is 11.8 Å².